The van der Waals surface area contributed by atoms with Crippen LogP contribution < -0.4 is 0 Å². The van der Waals surface area contributed by atoms with Gasteiger partial charge in [0.2, 0.25) is 5.91 Å². The first-order valence-electron chi connectivity index (χ1n) is 10.1. The summed E-state index contributed by atoms with van der Waals surface area (Å²) in [6.45, 7) is -1.48. The van der Waals surface area contributed by atoms with Gasteiger partial charge in [-0.25, -0.2) is 4.39 Å². The Morgan fingerprint density at radius 1 is 0.857 bits per heavy atom. The van der Waals surface area contributed by atoms with Crippen molar-refractivity contribution in [2.45, 2.75) is 47.0 Å². The lowest BCUT2D eigenvalue weighted by atomic mass is 9.63. The summed E-state index contributed by atoms with van der Waals surface area (Å²) in [5, 5.41) is 111. The largest absolute Gasteiger partial charge is 0.371 e. The van der Waals surface area contributed by atoms with Crippen LogP contribution in [0.2, 0.25) is 0 Å². The first-order chi connectivity index (χ1) is 15.8. The highest BCUT2D eigenvalue weighted by Gasteiger charge is 2.93. The second-order valence-corrected chi connectivity index (χ2v) is 8.95. The van der Waals surface area contributed by atoms with E-state index in [4.69, 9.17) is 0 Å². The molecule has 2 fully saturated rings. The maximum Gasteiger partial charge on any atom is 0.286 e. The summed E-state index contributed by atoms with van der Waals surface area (Å²) >= 11 is 0. The molecule has 3 aliphatic rings. The highest BCUT2D eigenvalue weighted by atomic mass is 19.1. The van der Waals surface area contributed by atoms with Gasteiger partial charge >= 0.3 is 0 Å². The van der Waals surface area contributed by atoms with Crippen LogP contribution in [-0.2, 0) is 16.0 Å². The Morgan fingerprint density at radius 2 is 1.37 bits per heavy atom. The summed E-state index contributed by atoms with van der Waals surface area (Å²) < 4.78 is 13.9. The van der Waals surface area contributed by atoms with Crippen molar-refractivity contribution in [1.29, 1.82) is 0 Å². The molecule has 2 aliphatic heterocycles. The van der Waals surface area contributed by atoms with E-state index in [2.05, 4.69) is 0 Å². The molecule has 2 heterocycles. The SMILES string of the molecule is O=C1CN(C(=O)C2(O)C(O)(O)C(O)(O)C(O)(O)C(O)(O)C2(O)O)CC2c3cc(F)ccc3CCN12. The van der Waals surface area contributed by atoms with E-state index in [0.29, 0.717) is 16.9 Å². The van der Waals surface area contributed by atoms with E-state index in [9.17, 15) is 70.2 Å². The lowest BCUT2D eigenvalue weighted by molar-refractivity contribution is -0.604. The van der Waals surface area contributed by atoms with Crippen molar-refractivity contribution in [2.24, 2.45) is 0 Å². The van der Waals surface area contributed by atoms with E-state index in [1.54, 1.807) is 0 Å². The molecule has 4 rings (SSSR count). The molecule has 1 aromatic carbocycles. The molecule has 35 heavy (non-hydrogen) atoms. The Kier molecular flexibility index (Phi) is 5.23. The van der Waals surface area contributed by atoms with Crippen molar-refractivity contribution >= 4 is 11.8 Å². The molecule has 0 bridgehead atoms. The minimum Gasteiger partial charge on any atom is -0.371 e. The molecule has 1 aliphatic carbocycles. The van der Waals surface area contributed by atoms with Crippen molar-refractivity contribution in [2.75, 3.05) is 19.6 Å². The van der Waals surface area contributed by atoms with Crippen LogP contribution in [0.25, 0.3) is 0 Å². The van der Waals surface area contributed by atoms with Crippen molar-refractivity contribution in [3.05, 3.63) is 35.1 Å². The zero-order chi connectivity index (χ0) is 26.6. The van der Waals surface area contributed by atoms with E-state index in [0.717, 1.165) is 12.1 Å². The van der Waals surface area contributed by atoms with Crippen LogP contribution in [-0.4, -0.2) is 132 Å². The molecule has 1 atom stereocenters. The van der Waals surface area contributed by atoms with Gasteiger partial charge < -0.3 is 66.0 Å². The van der Waals surface area contributed by atoms with Gasteiger partial charge in [-0.3, -0.25) is 9.59 Å². The number of fused-ring (bicyclic) bond motifs is 3. The van der Waals surface area contributed by atoms with Crippen LogP contribution >= 0.6 is 0 Å². The molecular weight excluding hydrogens is 483 g/mol. The molecular formula is C19H23FN2O13. The maximum atomic E-state index is 13.9. The monoisotopic (exact) mass is 506 g/mol. The average Bonchev–Trinajstić information content (AvgIpc) is 2.76. The van der Waals surface area contributed by atoms with Gasteiger partial charge in [0.05, 0.1) is 12.6 Å². The Hall–Kier alpha value is -2.35. The zero-order valence-corrected chi connectivity index (χ0v) is 17.6. The van der Waals surface area contributed by atoms with Crippen LogP contribution in [0.3, 0.4) is 0 Å². The van der Waals surface area contributed by atoms with Crippen molar-refractivity contribution < 1.29 is 70.2 Å². The second-order valence-electron chi connectivity index (χ2n) is 8.95. The number of piperazine rings is 1. The van der Waals surface area contributed by atoms with E-state index in [-0.39, 0.29) is 12.1 Å². The Balaban J connectivity index is 1.82. The van der Waals surface area contributed by atoms with Gasteiger partial charge in [0, 0.05) is 13.1 Å². The molecule has 1 saturated heterocycles. The standard InChI is InChI=1S/C19H23FN2O13/c20-9-2-1-8-3-4-22-11(10(8)5-9)6-21(7-12(22)23)13(24)14(25)15(26,27)17(30,31)19(34,35)18(32,33)16(14,28)29/h1-2,5,11,25-35H,3-4,6-7H2. The van der Waals surface area contributed by atoms with E-state index in [1.807, 2.05) is 0 Å². The first kappa shape index (κ1) is 25.7. The molecule has 194 valence electrons. The van der Waals surface area contributed by atoms with Gasteiger partial charge in [-0.2, -0.15) is 0 Å². The maximum absolute atomic E-state index is 13.9. The highest BCUT2D eigenvalue weighted by Crippen LogP contribution is 2.54. The third-order valence-electron chi connectivity index (χ3n) is 7.06. The summed E-state index contributed by atoms with van der Waals surface area (Å²) in [6.07, 6.45) is 0.326. The molecule has 16 heteroatoms. The summed E-state index contributed by atoms with van der Waals surface area (Å²) in [5.41, 5.74) is -4.01. The van der Waals surface area contributed by atoms with Crippen LogP contribution in [0, 0.1) is 5.82 Å². The smallest absolute Gasteiger partial charge is 0.286 e. The summed E-state index contributed by atoms with van der Waals surface area (Å²) in [4.78, 5) is 27.5. The molecule has 15 nitrogen and oxygen atoms in total. The van der Waals surface area contributed by atoms with Gasteiger partial charge in [-0.05, 0) is 29.7 Å². The fourth-order valence-electron chi connectivity index (χ4n) is 4.85. The van der Waals surface area contributed by atoms with Crippen LogP contribution in [0.4, 0.5) is 4.39 Å². The molecule has 1 saturated carbocycles. The van der Waals surface area contributed by atoms with Gasteiger partial charge in [0.25, 0.3) is 40.4 Å². The van der Waals surface area contributed by atoms with Crippen molar-refractivity contribution in [1.82, 2.24) is 9.80 Å². The number of halogens is 1. The van der Waals surface area contributed by atoms with Crippen molar-refractivity contribution in [3.8, 4) is 0 Å². The van der Waals surface area contributed by atoms with Gasteiger partial charge in [-0.1, -0.05) is 6.07 Å². The van der Waals surface area contributed by atoms with E-state index in [1.165, 1.54) is 11.0 Å². The van der Waals surface area contributed by atoms with Crippen LogP contribution in [0.15, 0.2) is 18.2 Å². The lowest BCUT2D eigenvalue weighted by Gasteiger charge is -2.62. The van der Waals surface area contributed by atoms with Crippen molar-refractivity contribution in [3.63, 3.8) is 0 Å². The number of amides is 2. The average molecular weight is 506 g/mol. The number of carbonyl (C=O) groups excluding carboxylic acids is 2. The minimum atomic E-state index is -5.02. The normalized spacial score (nSPS) is 29.3. The molecule has 11 N–H and O–H groups in total. The minimum absolute atomic E-state index is 0.132. The topological polar surface area (TPSA) is 263 Å². The number of hydrogen-bond donors (Lipinski definition) is 11. The predicted molar refractivity (Wildman–Crippen MR) is 102 cm³/mol. The van der Waals surface area contributed by atoms with E-state index < -0.39 is 71.3 Å². The number of nitrogens with zero attached hydrogens (tertiary/aromatic N) is 2. The van der Waals surface area contributed by atoms with E-state index >= 15 is 0 Å². The number of hydrogen-bond acceptors (Lipinski definition) is 13. The fraction of sp³-hybridized carbons (Fsp3) is 0.579. The lowest BCUT2D eigenvalue weighted by Crippen LogP contribution is -2.97. The summed E-state index contributed by atoms with van der Waals surface area (Å²) in [5.74, 6) is -28.9. The Morgan fingerprint density at radius 3 is 1.91 bits per heavy atom. The van der Waals surface area contributed by atoms with Crippen LogP contribution in [0.1, 0.15) is 17.2 Å². The number of aliphatic hydroxyl groups is 11. The molecule has 0 radical (unpaired) electrons. The van der Waals surface area contributed by atoms with Gasteiger partial charge in [0.15, 0.2) is 0 Å². The summed E-state index contributed by atoms with van der Waals surface area (Å²) in [7, 11) is 0. The molecule has 1 aromatic rings. The molecule has 1 unspecified atom stereocenters. The van der Waals surface area contributed by atoms with Crippen LogP contribution in [0.5, 0.6) is 0 Å². The summed E-state index contributed by atoms with van der Waals surface area (Å²) in [6, 6.07) is 2.57. The second kappa shape index (κ2) is 7.11. The number of benzene rings is 1. The first-order valence-corrected chi connectivity index (χ1v) is 10.1. The number of rotatable bonds is 1. The molecule has 0 spiro atoms. The Labute approximate surface area is 194 Å². The molecule has 0 aromatic heterocycles. The number of carbonyl (C=O) groups is 2. The third kappa shape index (κ3) is 2.80. The van der Waals surface area contributed by atoms with Gasteiger partial charge in [0.1, 0.15) is 5.82 Å². The predicted octanol–water partition coefficient (Wildman–Crippen LogP) is -6.76. The molecule has 2 amide bonds. The quantitative estimate of drug-likeness (QED) is 0.158. The van der Waals surface area contributed by atoms with Gasteiger partial charge in [-0.15, -0.1) is 0 Å². The highest BCUT2D eigenvalue weighted by molar-refractivity contribution is 5.93. The third-order valence-corrected chi connectivity index (χ3v) is 7.06. The Bertz CT molecular complexity index is 1070. The zero-order valence-electron chi connectivity index (χ0n) is 17.6. The fourth-order valence-corrected chi connectivity index (χ4v) is 4.85.